The highest BCUT2D eigenvalue weighted by atomic mass is 32.2. The number of aromatic amines is 2. The van der Waals surface area contributed by atoms with Gasteiger partial charge in [0.25, 0.3) is 5.56 Å². The number of hydrogen-bond donors (Lipinski definition) is 2. The first-order valence-electron chi connectivity index (χ1n) is 8.08. The summed E-state index contributed by atoms with van der Waals surface area (Å²) in [4.78, 5) is 31.3. The number of benzene rings is 1. The van der Waals surface area contributed by atoms with Gasteiger partial charge in [-0.15, -0.1) is 5.10 Å². The first-order chi connectivity index (χ1) is 12.2. The minimum Gasteiger partial charge on any atom is -0.376 e. The van der Waals surface area contributed by atoms with Crippen LogP contribution in [0.1, 0.15) is 18.7 Å². The van der Waals surface area contributed by atoms with E-state index in [1.807, 2.05) is 6.07 Å². The van der Waals surface area contributed by atoms with Crippen LogP contribution < -0.4 is 11.2 Å². The molecule has 1 saturated heterocycles. The Kier molecular flexibility index (Phi) is 4.41. The lowest BCUT2D eigenvalue weighted by atomic mass is 10.2. The lowest BCUT2D eigenvalue weighted by Crippen LogP contribution is -2.25. The third-order valence-electron chi connectivity index (χ3n) is 4.13. The summed E-state index contributed by atoms with van der Waals surface area (Å²) in [7, 11) is 0. The molecule has 0 unspecified atom stereocenters. The lowest BCUT2D eigenvalue weighted by molar-refractivity contribution is 0.0941. The van der Waals surface area contributed by atoms with Gasteiger partial charge in [-0.3, -0.25) is 9.36 Å². The van der Waals surface area contributed by atoms with E-state index >= 15 is 0 Å². The number of nitrogens with zero attached hydrogens (tertiary/aromatic N) is 3. The van der Waals surface area contributed by atoms with Gasteiger partial charge in [0.1, 0.15) is 5.82 Å². The van der Waals surface area contributed by atoms with Crippen molar-refractivity contribution >= 4 is 22.7 Å². The summed E-state index contributed by atoms with van der Waals surface area (Å²) >= 11 is 1.35. The second kappa shape index (κ2) is 6.85. The highest BCUT2D eigenvalue weighted by molar-refractivity contribution is 7.98. The molecule has 1 aliphatic rings. The maximum atomic E-state index is 12.1. The van der Waals surface area contributed by atoms with Gasteiger partial charge in [-0.25, -0.2) is 14.9 Å². The average Bonchev–Trinajstić information content (AvgIpc) is 3.25. The normalized spacial score (nSPS) is 17.4. The van der Waals surface area contributed by atoms with E-state index in [9.17, 15) is 9.59 Å². The second-order valence-corrected chi connectivity index (χ2v) is 6.82. The lowest BCUT2D eigenvalue weighted by Gasteiger charge is -2.10. The van der Waals surface area contributed by atoms with Crippen LogP contribution in [0.2, 0.25) is 0 Å². The van der Waals surface area contributed by atoms with Gasteiger partial charge in [0.05, 0.1) is 29.3 Å². The molecule has 0 spiro atoms. The Labute approximate surface area is 146 Å². The van der Waals surface area contributed by atoms with Crippen molar-refractivity contribution < 1.29 is 4.74 Å². The topological polar surface area (TPSA) is 106 Å². The Morgan fingerprint density at radius 3 is 3.04 bits per heavy atom. The molecule has 9 heteroatoms. The number of nitrogens with one attached hydrogen (secondary N) is 2. The fourth-order valence-corrected chi connectivity index (χ4v) is 3.73. The Morgan fingerprint density at radius 1 is 1.32 bits per heavy atom. The molecule has 1 fully saturated rings. The van der Waals surface area contributed by atoms with Crippen molar-refractivity contribution in [1.82, 2.24) is 24.7 Å². The SMILES string of the molecule is O=c1[nH]c(CSc2n[nH]c(=O)n2C[C@@H]2CCCO2)nc2ccccc12. The quantitative estimate of drug-likeness (QED) is 0.665. The molecule has 4 rings (SSSR count). The maximum Gasteiger partial charge on any atom is 0.344 e. The molecule has 1 aliphatic heterocycles. The molecule has 0 amide bonds. The largest absolute Gasteiger partial charge is 0.376 e. The van der Waals surface area contributed by atoms with E-state index < -0.39 is 0 Å². The van der Waals surface area contributed by atoms with E-state index in [-0.39, 0.29) is 17.4 Å². The molecule has 3 heterocycles. The molecule has 0 saturated carbocycles. The van der Waals surface area contributed by atoms with Crippen LogP contribution in [-0.4, -0.2) is 37.4 Å². The van der Waals surface area contributed by atoms with Gasteiger partial charge in [0, 0.05) is 6.61 Å². The highest BCUT2D eigenvalue weighted by Gasteiger charge is 2.19. The number of thioether (sulfide) groups is 1. The summed E-state index contributed by atoms with van der Waals surface area (Å²) in [5.74, 6) is 0.961. The monoisotopic (exact) mass is 359 g/mol. The van der Waals surface area contributed by atoms with Crippen LogP contribution in [0.3, 0.4) is 0 Å². The zero-order valence-electron chi connectivity index (χ0n) is 13.4. The summed E-state index contributed by atoms with van der Waals surface area (Å²) < 4.78 is 7.18. The van der Waals surface area contributed by atoms with Crippen molar-refractivity contribution in [3.8, 4) is 0 Å². The van der Waals surface area contributed by atoms with Gasteiger partial charge in [-0.05, 0) is 25.0 Å². The van der Waals surface area contributed by atoms with Crippen LogP contribution in [0.15, 0.2) is 39.0 Å². The zero-order chi connectivity index (χ0) is 17.2. The van der Waals surface area contributed by atoms with Crippen LogP contribution in [0.25, 0.3) is 10.9 Å². The van der Waals surface area contributed by atoms with Gasteiger partial charge in [-0.2, -0.15) is 0 Å². The van der Waals surface area contributed by atoms with E-state index in [1.165, 1.54) is 11.8 Å². The van der Waals surface area contributed by atoms with E-state index in [0.717, 1.165) is 19.4 Å². The minimum absolute atomic E-state index is 0.0493. The van der Waals surface area contributed by atoms with Crippen LogP contribution in [0.4, 0.5) is 0 Å². The number of ether oxygens (including phenoxy) is 1. The molecule has 1 atom stereocenters. The van der Waals surface area contributed by atoms with Gasteiger partial charge in [-0.1, -0.05) is 23.9 Å². The Balaban J connectivity index is 1.53. The van der Waals surface area contributed by atoms with Gasteiger partial charge < -0.3 is 9.72 Å². The fraction of sp³-hybridized carbons (Fsp3) is 0.375. The number of hydrogen-bond acceptors (Lipinski definition) is 6. The Hall–Kier alpha value is -2.39. The predicted molar refractivity (Wildman–Crippen MR) is 93.7 cm³/mol. The maximum absolute atomic E-state index is 12.1. The Bertz CT molecular complexity index is 1000. The third-order valence-corrected chi connectivity index (χ3v) is 5.12. The minimum atomic E-state index is -0.252. The molecule has 0 aliphatic carbocycles. The van der Waals surface area contributed by atoms with Crippen molar-refractivity contribution in [2.45, 2.75) is 36.4 Å². The van der Waals surface area contributed by atoms with Gasteiger partial charge in [0.15, 0.2) is 5.16 Å². The summed E-state index contributed by atoms with van der Waals surface area (Å²) in [6, 6.07) is 7.20. The number of H-pyrrole nitrogens is 2. The molecule has 3 aromatic rings. The summed E-state index contributed by atoms with van der Waals surface area (Å²) in [5.41, 5.74) is 0.235. The summed E-state index contributed by atoms with van der Waals surface area (Å²) in [5, 5.41) is 7.68. The molecule has 0 radical (unpaired) electrons. The molecular weight excluding hydrogens is 342 g/mol. The van der Waals surface area contributed by atoms with Crippen LogP contribution in [0.5, 0.6) is 0 Å². The molecule has 130 valence electrons. The summed E-state index contributed by atoms with van der Waals surface area (Å²) in [6.07, 6.45) is 2.01. The fourth-order valence-electron chi connectivity index (χ4n) is 2.90. The highest BCUT2D eigenvalue weighted by Crippen LogP contribution is 2.20. The second-order valence-electron chi connectivity index (χ2n) is 5.88. The van der Waals surface area contributed by atoms with Crippen molar-refractivity contribution in [3.05, 3.63) is 50.9 Å². The standard InChI is InChI=1S/C16H17N5O3S/c22-14-11-5-1-2-6-12(11)17-13(18-14)9-25-16-20-19-15(23)21(16)8-10-4-3-7-24-10/h1-2,5-6,10H,3-4,7-9H2,(H,19,23)(H,17,18,22)/t10-/m0/s1. The average molecular weight is 359 g/mol. The Morgan fingerprint density at radius 2 is 2.20 bits per heavy atom. The first kappa shape index (κ1) is 16.1. The van der Waals surface area contributed by atoms with Crippen LogP contribution in [-0.2, 0) is 17.0 Å². The molecule has 2 N–H and O–H groups in total. The van der Waals surface area contributed by atoms with E-state index in [2.05, 4.69) is 20.2 Å². The van der Waals surface area contributed by atoms with Crippen molar-refractivity contribution in [2.24, 2.45) is 0 Å². The molecule has 0 bridgehead atoms. The predicted octanol–water partition coefficient (Wildman–Crippen LogP) is 1.28. The zero-order valence-corrected chi connectivity index (χ0v) is 14.2. The molecular formula is C16H17N5O3S. The molecule has 1 aromatic carbocycles. The van der Waals surface area contributed by atoms with Gasteiger partial charge in [0.2, 0.25) is 0 Å². The number of fused-ring (bicyclic) bond motifs is 1. The number of rotatable bonds is 5. The van der Waals surface area contributed by atoms with Crippen LogP contribution in [0, 0.1) is 0 Å². The molecule has 2 aromatic heterocycles. The summed E-state index contributed by atoms with van der Waals surface area (Å²) in [6.45, 7) is 1.22. The number of aromatic nitrogens is 5. The van der Waals surface area contributed by atoms with Gasteiger partial charge >= 0.3 is 5.69 Å². The van der Waals surface area contributed by atoms with E-state index in [1.54, 1.807) is 22.8 Å². The third kappa shape index (κ3) is 3.38. The molecule has 8 nitrogen and oxygen atoms in total. The van der Waals surface area contributed by atoms with Crippen molar-refractivity contribution in [2.75, 3.05) is 6.61 Å². The van der Waals surface area contributed by atoms with Crippen LogP contribution >= 0.6 is 11.8 Å². The first-order valence-corrected chi connectivity index (χ1v) is 9.07. The smallest absolute Gasteiger partial charge is 0.344 e. The van der Waals surface area contributed by atoms with E-state index in [4.69, 9.17) is 4.74 Å². The van der Waals surface area contributed by atoms with E-state index in [0.29, 0.717) is 34.2 Å². The number of para-hydroxylation sites is 1. The van der Waals surface area contributed by atoms with Crippen molar-refractivity contribution in [3.63, 3.8) is 0 Å². The van der Waals surface area contributed by atoms with Crippen molar-refractivity contribution in [1.29, 1.82) is 0 Å². The molecule has 25 heavy (non-hydrogen) atoms.